The summed E-state index contributed by atoms with van der Waals surface area (Å²) in [5.74, 6) is -0.449. The molecule has 8 heteroatoms. The van der Waals surface area contributed by atoms with Gasteiger partial charge in [0.05, 0.1) is 30.4 Å². The first kappa shape index (κ1) is 24.8. The van der Waals surface area contributed by atoms with E-state index in [2.05, 4.69) is 44.2 Å². The number of aromatic nitrogens is 1. The summed E-state index contributed by atoms with van der Waals surface area (Å²) in [4.78, 5) is 29.6. The predicted molar refractivity (Wildman–Crippen MR) is 124 cm³/mol. The Hall–Kier alpha value is -2.45. The smallest absolute Gasteiger partial charge is 0.346 e. The highest BCUT2D eigenvalue weighted by Gasteiger charge is 2.39. The number of nitrogens with zero attached hydrogens (tertiary/aromatic N) is 1. The lowest BCUT2D eigenvalue weighted by molar-refractivity contribution is -0.142. The van der Waals surface area contributed by atoms with Crippen molar-refractivity contribution in [1.82, 2.24) is 4.98 Å². The van der Waals surface area contributed by atoms with Crippen molar-refractivity contribution in [3.63, 3.8) is 0 Å². The maximum absolute atomic E-state index is 12.9. The topological polar surface area (TPSA) is 90.7 Å². The molecule has 1 aromatic heterocycles. The third-order valence-electron chi connectivity index (χ3n) is 5.54. The van der Waals surface area contributed by atoms with E-state index in [1.807, 2.05) is 30.3 Å². The zero-order chi connectivity index (χ0) is 23.2. The summed E-state index contributed by atoms with van der Waals surface area (Å²) in [6.45, 7) is 14.8. The molecule has 0 radical (unpaired) electrons. The van der Waals surface area contributed by atoms with Gasteiger partial charge in [-0.05, 0) is 37.5 Å². The van der Waals surface area contributed by atoms with E-state index in [9.17, 15) is 9.59 Å². The van der Waals surface area contributed by atoms with Gasteiger partial charge >= 0.3 is 11.6 Å². The minimum Gasteiger partial charge on any atom is -0.466 e. The molecule has 31 heavy (non-hydrogen) atoms. The summed E-state index contributed by atoms with van der Waals surface area (Å²) < 4.78 is 16.9. The van der Waals surface area contributed by atoms with Gasteiger partial charge in [-0.1, -0.05) is 51.1 Å². The second-order valence-corrected chi connectivity index (χ2v) is 13.8. The van der Waals surface area contributed by atoms with Crippen LogP contribution in [0.25, 0.3) is 0 Å². The van der Waals surface area contributed by atoms with E-state index >= 15 is 0 Å². The largest absolute Gasteiger partial charge is 0.466 e. The van der Waals surface area contributed by atoms with Gasteiger partial charge in [0.1, 0.15) is 0 Å². The van der Waals surface area contributed by atoms with Crippen LogP contribution in [0.3, 0.4) is 0 Å². The first-order valence-electron chi connectivity index (χ1n) is 10.6. The number of ether oxygens (including phenoxy) is 1. The Kier molecular flexibility index (Phi) is 8.19. The number of carbonyl (C=O) groups is 1. The Morgan fingerprint density at radius 1 is 1.23 bits per heavy atom. The Labute approximate surface area is 185 Å². The van der Waals surface area contributed by atoms with E-state index in [0.717, 1.165) is 5.56 Å². The second-order valence-electron chi connectivity index (χ2n) is 9.01. The predicted octanol–water partition coefficient (Wildman–Crippen LogP) is 4.84. The van der Waals surface area contributed by atoms with Crippen LogP contribution in [0, 0.1) is 0 Å². The van der Waals surface area contributed by atoms with Crippen molar-refractivity contribution in [2.75, 3.05) is 11.9 Å². The molecule has 0 aliphatic carbocycles. The average molecular weight is 447 g/mol. The Morgan fingerprint density at radius 3 is 2.45 bits per heavy atom. The van der Waals surface area contributed by atoms with Gasteiger partial charge in [-0.25, -0.2) is 9.78 Å². The molecule has 1 aromatic carbocycles. The number of carbonyl (C=O) groups excluding carboxylic acids is 1. The standard InChI is InChI=1S/C23H34N2O5Si/c1-8-28-19(26)14-18-20(16(2)30-31(6,7)23(3,4)5)21(27)29-22(25-18)24-15-17-12-10-9-11-13-17/h9-13,16H,8,14-15H2,1-7H3,(H,24,25)/t16-/m1/s1. The molecule has 0 bridgehead atoms. The van der Waals surface area contributed by atoms with Crippen molar-refractivity contribution in [3.05, 3.63) is 57.6 Å². The van der Waals surface area contributed by atoms with Crippen LogP contribution in [0.5, 0.6) is 0 Å². The van der Waals surface area contributed by atoms with Gasteiger partial charge < -0.3 is 18.9 Å². The van der Waals surface area contributed by atoms with Crippen LogP contribution in [0.4, 0.5) is 6.01 Å². The van der Waals surface area contributed by atoms with E-state index in [1.54, 1.807) is 13.8 Å². The fourth-order valence-corrected chi connectivity index (χ4v) is 4.23. The van der Waals surface area contributed by atoms with Gasteiger partial charge in [-0.15, -0.1) is 0 Å². The van der Waals surface area contributed by atoms with Crippen molar-refractivity contribution in [2.45, 2.75) is 71.8 Å². The molecule has 2 aromatic rings. The molecule has 0 saturated carbocycles. The number of nitrogens with one attached hydrogen (secondary N) is 1. The summed E-state index contributed by atoms with van der Waals surface area (Å²) in [5.41, 5.74) is 1.04. The molecule has 0 unspecified atom stereocenters. The first-order valence-corrected chi connectivity index (χ1v) is 13.5. The molecule has 7 nitrogen and oxygen atoms in total. The highest BCUT2D eigenvalue weighted by Crippen LogP contribution is 2.39. The Morgan fingerprint density at radius 2 is 1.87 bits per heavy atom. The third-order valence-corrected chi connectivity index (χ3v) is 10.1. The molecule has 1 heterocycles. The summed E-state index contributed by atoms with van der Waals surface area (Å²) in [6.07, 6.45) is -0.683. The minimum atomic E-state index is -2.16. The van der Waals surface area contributed by atoms with Crippen molar-refractivity contribution in [2.24, 2.45) is 0 Å². The summed E-state index contributed by atoms with van der Waals surface area (Å²) in [6, 6.07) is 9.75. The monoisotopic (exact) mass is 446 g/mol. The van der Waals surface area contributed by atoms with Gasteiger partial charge in [-0.2, -0.15) is 0 Å². The molecule has 0 amide bonds. The number of rotatable bonds is 9. The summed E-state index contributed by atoms with van der Waals surface area (Å²) in [7, 11) is -2.16. The second kappa shape index (κ2) is 10.2. The maximum Gasteiger partial charge on any atom is 0.346 e. The molecule has 2 rings (SSSR count). The van der Waals surface area contributed by atoms with E-state index in [-0.39, 0.29) is 29.6 Å². The lowest BCUT2D eigenvalue weighted by atomic mass is 10.1. The molecule has 0 aliphatic heterocycles. The highest BCUT2D eigenvalue weighted by atomic mass is 28.4. The SMILES string of the molecule is CCOC(=O)Cc1nc(NCc2ccccc2)oc(=O)c1[C@@H](C)O[Si](C)(C)C(C)(C)C. The Bertz CT molecular complexity index is 935. The molecular weight excluding hydrogens is 412 g/mol. The lowest BCUT2D eigenvalue weighted by Crippen LogP contribution is -2.42. The quantitative estimate of drug-likeness (QED) is 0.435. The van der Waals surface area contributed by atoms with Crippen molar-refractivity contribution < 1.29 is 18.4 Å². The highest BCUT2D eigenvalue weighted by molar-refractivity contribution is 6.74. The Balaban J connectivity index is 2.36. The first-order chi connectivity index (χ1) is 14.4. The van der Waals surface area contributed by atoms with Crippen LogP contribution in [0.2, 0.25) is 18.1 Å². The van der Waals surface area contributed by atoms with Crippen molar-refractivity contribution in [3.8, 4) is 0 Å². The van der Waals surface area contributed by atoms with Gasteiger partial charge in [-0.3, -0.25) is 4.79 Å². The number of benzene rings is 1. The van der Waals surface area contributed by atoms with Crippen LogP contribution in [-0.4, -0.2) is 25.9 Å². The van der Waals surface area contributed by atoms with E-state index in [1.165, 1.54) is 0 Å². The van der Waals surface area contributed by atoms with E-state index in [0.29, 0.717) is 12.2 Å². The number of esters is 1. The lowest BCUT2D eigenvalue weighted by Gasteiger charge is -2.38. The molecule has 0 spiro atoms. The van der Waals surface area contributed by atoms with Gasteiger partial charge in [0.2, 0.25) is 0 Å². The van der Waals surface area contributed by atoms with E-state index < -0.39 is 26.0 Å². The summed E-state index contributed by atoms with van der Waals surface area (Å²) in [5, 5.41) is 2.99. The average Bonchev–Trinajstić information content (AvgIpc) is 2.65. The van der Waals surface area contributed by atoms with Crippen LogP contribution >= 0.6 is 0 Å². The zero-order valence-electron chi connectivity index (χ0n) is 19.6. The molecule has 0 fully saturated rings. The van der Waals surface area contributed by atoms with Gasteiger partial charge in [0.25, 0.3) is 6.01 Å². The van der Waals surface area contributed by atoms with Crippen molar-refractivity contribution in [1.29, 1.82) is 0 Å². The maximum atomic E-state index is 12.9. The van der Waals surface area contributed by atoms with Crippen LogP contribution in [-0.2, 0) is 26.9 Å². The van der Waals surface area contributed by atoms with Crippen LogP contribution < -0.4 is 10.9 Å². The molecule has 1 N–H and O–H groups in total. The molecule has 170 valence electrons. The van der Waals surface area contributed by atoms with Gasteiger partial charge in [0.15, 0.2) is 8.32 Å². The van der Waals surface area contributed by atoms with Crippen molar-refractivity contribution >= 4 is 20.3 Å². The van der Waals surface area contributed by atoms with E-state index in [4.69, 9.17) is 13.6 Å². The van der Waals surface area contributed by atoms with Crippen LogP contribution in [0.15, 0.2) is 39.5 Å². The fraction of sp³-hybridized carbons (Fsp3) is 0.522. The minimum absolute atomic E-state index is 0.0344. The van der Waals surface area contributed by atoms with Gasteiger partial charge in [0, 0.05) is 6.54 Å². The molecule has 1 atom stereocenters. The third kappa shape index (κ3) is 6.77. The zero-order valence-corrected chi connectivity index (χ0v) is 20.6. The number of anilines is 1. The molecular formula is C23H34N2O5Si. The van der Waals surface area contributed by atoms with Crippen LogP contribution in [0.1, 0.15) is 57.5 Å². The summed E-state index contributed by atoms with van der Waals surface area (Å²) >= 11 is 0. The number of hydrogen-bond donors (Lipinski definition) is 1. The number of hydrogen-bond acceptors (Lipinski definition) is 7. The molecule has 0 saturated heterocycles. The fourth-order valence-electron chi connectivity index (χ4n) is 2.88. The normalized spacial score (nSPS) is 13.0. The molecule has 0 aliphatic rings.